The van der Waals surface area contributed by atoms with Crippen molar-refractivity contribution in [2.75, 3.05) is 27.2 Å². The van der Waals surface area contributed by atoms with Gasteiger partial charge in [-0.05, 0) is 55.8 Å². The summed E-state index contributed by atoms with van der Waals surface area (Å²) in [6, 6.07) is 15.2. The SMILES string of the molecule is CN(C)CCC1(c2ccc(F)cc2)OCCc2ccccc21. The fourth-order valence-corrected chi connectivity index (χ4v) is 3.24. The molecule has 0 fully saturated rings. The van der Waals surface area contributed by atoms with Crippen molar-refractivity contribution < 1.29 is 9.13 Å². The Hall–Kier alpha value is -1.71. The first-order valence-electron chi connectivity index (χ1n) is 7.75. The lowest BCUT2D eigenvalue weighted by molar-refractivity contribution is -0.0381. The van der Waals surface area contributed by atoms with E-state index in [2.05, 4.69) is 43.3 Å². The highest BCUT2D eigenvalue weighted by Gasteiger charge is 2.39. The molecule has 2 nitrogen and oxygen atoms in total. The monoisotopic (exact) mass is 299 g/mol. The van der Waals surface area contributed by atoms with Crippen LogP contribution in [0.4, 0.5) is 4.39 Å². The van der Waals surface area contributed by atoms with Gasteiger partial charge in [0.05, 0.1) is 6.61 Å². The molecule has 1 atom stereocenters. The van der Waals surface area contributed by atoms with Crippen LogP contribution in [0.15, 0.2) is 48.5 Å². The molecule has 0 spiro atoms. The molecule has 1 unspecified atom stereocenters. The average molecular weight is 299 g/mol. The second-order valence-electron chi connectivity index (χ2n) is 6.14. The van der Waals surface area contributed by atoms with E-state index in [1.807, 2.05) is 12.1 Å². The molecule has 1 aliphatic heterocycles. The normalized spacial score (nSPS) is 20.9. The summed E-state index contributed by atoms with van der Waals surface area (Å²) in [7, 11) is 4.13. The molecular formula is C19H22FNO. The number of hydrogen-bond donors (Lipinski definition) is 0. The molecule has 0 radical (unpaired) electrons. The number of benzene rings is 2. The molecule has 0 N–H and O–H groups in total. The third kappa shape index (κ3) is 2.79. The van der Waals surface area contributed by atoms with Crippen LogP contribution >= 0.6 is 0 Å². The van der Waals surface area contributed by atoms with Crippen LogP contribution in [0.5, 0.6) is 0 Å². The van der Waals surface area contributed by atoms with E-state index in [0.29, 0.717) is 6.61 Å². The van der Waals surface area contributed by atoms with Crippen LogP contribution in [0.25, 0.3) is 0 Å². The summed E-state index contributed by atoms with van der Waals surface area (Å²) in [5, 5.41) is 0. The van der Waals surface area contributed by atoms with Crippen LogP contribution in [-0.2, 0) is 16.8 Å². The van der Waals surface area contributed by atoms with Gasteiger partial charge in [-0.1, -0.05) is 36.4 Å². The summed E-state index contributed by atoms with van der Waals surface area (Å²) < 4.78 is 19.7. The van der Waals surface area contributed by atoms with Crippen molar-refractivity contribution in [3.8, 4) is 0 Å². The molecule has 3 rings (SSSR count). The highest BCUT2D eigenvalue weighted by atomic mass is 19.1. The number of ether oxygens (including phenoxy) is 1. The second-order valence-corrected chi connectivity index (χ2v) is 6.14. The largest absolute Gasteiger partial charge is 0.365 e. The lowest BCUT2D eigenvalue weighted by Crippen LogP contribution is -2.39. The van der Waals surface area contributed by atoms with Gasteiger partial charge in [0.2, 0.25) is 0 Å². The maximum atomic E-state index is 13.3. The summed E-state index contributed by atoms with van der Waals surface area (Å²) in [5.74, 6) is -0.212. The molecular weight excluding hydrogens is 277 g/mol. The van der Waals surface area contributed by atoms with E-state index in [1.165, 1.54) is 23.3 Å². The fourth-order valence-electron chi connectivity index (χ4n) is 3.24. The van der Waals surface area contributed by atoms with Crippen LogP contribution in [0.2, 0.25) is 0 Å². The number of hydrogen-bond acceptors (Lipinski definition) is 2. The van der Waals surface area contributed by atoms with E-state index in [4.69, 9.17) is 4.74 Å². The Morgan fingerprint density at radius 3 is 2.55 bits per heavy atom. The summed E-state index contributed by atoms with van der Waals surface area (Å²) in [6.45, 7) is 1.60. The zero-order valence-corrected chi connectivity index (χ0v) is 13.2. The van der Waals surface area contributed by atoms with E-state index in [0.717, 1.165) is 24.9 Å². The fraction of sp³-hybridized carbons (Fsp3) is 0.368. The van der Waals surface area contributed by atoms with Gasteiger partial charge >= 0.3 is 0 Å². The summed E-state index contributed by atoms with van der Waals surface area (Å²) in [4.78, 5) is 2.16. The standard InChI is InChI=1S/C19H22FNO/c1-21(2)13-12-19(16-7-9-17(20)10-8-16)18-6-4-3-5-15(18)11-14-22-19/h3-10H,11-14H2,1-2H3. The minimum atomic E-state index is -0.479. The van der Waals surface area contributed by atoms with E-state index < -0.39 is 5.60 Å². The molecule has 1 heterocycles. The molecule has 2 aromatic carbocycles. The third-order valence-corrected chi connectivity index (χ3v) is 4.39. The van der Waals surface area contributed by atoms with Crippen LogP contribution in [-0.4, -0.2) is 32.1 Å². The van der Waals surface area contributed by atoms with Gasteiger partial charge in [0.15, 0.2) is 0 Å². The smallest absolute Gasteiger partial charge is 0.123 e. The number of nitrogens with zero attached hydrogens (tertiary/aromatic N) is 1. The first-order chi connectivity index (χ1) is 10.6. The Kier molecular flexibility index (Phi) is 4.27. The molecule has 2 aromatic rings. The van der Waals surface area contributed by atoms with Crippen LogP contribution < -0.4 is 0 Å². The van der Waals surface area contributed by atoms with Gasteiger partial charge in [0.25, 0.3) is 0 Å². The topological polar surface area (TPSA) is 12.5 Å². The Morgan fingerprint density at radius 1 is 1.09 bits per heavy atom. The van der Waals surface area contributed by atoms with Gasteiger partial charge in [-0.25, -0.2) is 4.39 Å². The predicted octanol–water partition coefficient (Wildman–Crippen LogP) is 3.59. The highest BCUT2D eigenvalue weighted by Crippen LogP contribution is 2.41. The lowest BCUT2D eigenvalue weighted by atomic mass is 9.78. The molecule has 0 saturated heterocycles. The van der Waals surface area contributed by atoms with Gasteiger partial charge in [-0.15, -0.1) is 0 Å². The average Bonchev–Trinajstić information content (AvgIpc) is 2.53. The number of fused-ring (bicyclic) bond motifs is 1. The van der Waals surface area contributed by atoms with Crippen molar-refractivity contribution in [2.45, 2.75) is 18.4 Å². The number of rotatable bonds is 4. The third-order valence-electron chi connectivity index (χ3n) is 4.39. The van der Waals surface area contributed by atoms with Gasteiger partial charge in [0, 0.05) is 6.54 Å². The van der Waals surface area contributed by atoms with E-state index in [9.17, 15) is 4.39 Å². The predicted molar refractivity (Wildman–Crippen MR) is 86.4 cm³/mol. The minimum absolute atomic E-state index is 0.212. The Balaban J connectivity index is 2.10. The van der Waals surface area contributed by atoms with Crippen molar-refractivity contribution in [1.82, 2.24) is 4.90 Å². The van der Waals surface area contributed by atoms with Gasteiger partial charge in [0.1, 0.15) is 11.4 Å². The Morgan fingerprint density at radius 2 is 1.82 bits per heavy atom. The van der Waals surface area contributed by atoms with Crippen molar-refractivity contribution in [1.29, 1.82) is 0 Å². The van der Waals surface area contributed by atoms with Crippen molar-refractivity contribution in [3.05, 3.63) is 71.0 Å². The zero-order chi connectivity index (χ0) is 15.6. The molecule has 22 heavy (non-hydrogen) atoms. The minimum Gasteiger partial charge on any atom is -0.365 e. The Bertz CT molecular complexity index is 638. The molecule has 1 aliphatic rings. The van der Waals surface area contributed by atoms with E-state index in [-0.39, 0.29) is 5.82 Å². The first-order valence-corrected chi connectivity index (χ1v) is 7.75. The summed E-state index contributed by atoms with van der Waals surface area (Å²) >= 11 is 0. The summed E-state index contributed by atoms with van der Waals surface area (Å²) in [6.07, 6.45) is 1.78. The molecule has 0 aliphatic carbocycles. The van der Waals surface area contributed by atoms with Gasteiger partial charge in [-0.3, -0.25) is 0 Å². The van der Waals surface area contributed by atoms with Crippen LogP contribution in [0, 0.1) is 5.82 Å². The van der Waals surface area contributed by atoms with Crippen molar-refractivity contribution >= 4 is 0 Å². The van der Waals surface area contributed by atoms with E-state index >= 15 is 0 Å². The molecule has 0 bridgehead atoms. The van der Waals surface area contributed by atoms with Crippen molar-refractivity contribution in [2.24, 2.45) is 0 Å². The maximum Gasteiger partial charge on any atom is 0.123 e. The second kappa shape index (κ2) is 6.19. The zero-order valence-electron chi connectivity index (χ0n) is 13.2. The molecule has 116 valence electrons. The van der Waals surface area contributed by atoms with Gasteiger partial charge in [-0.2, -0.15) is 0 Å². The lowest BCUT2D eigenvalue weighted by Gasteiger charge is -2.40. The molecule has 0 saturated carbocycles. The van der Waals surface area contributed by atoms with Crippen LogP contribution in [0.3, 0.4) is 0 Å². The number of halogens is 1. The molecule has 0 amide bonds. The van der Waals surface area contributed by atoms with E-state index in [1.54, 1.807) is 0 Å². The molecule has 0 aromatic heterocycles. The van der Waals surface area contributed by atoms with Crippen LogP contribution in [0.1, 0.15) is 23.1 Å². The summed E-state index contributed by atoms with van der Waals surface area (Å²) in [5.41, 5.74) is 3.10. The highest BCUT2D eigenvalue weighted by molar-refractivity contribution is 5.43. The van der Waals surface area contributed by atoms with Crippen molar-refractivity contribution in [3.63, 3.8) is 0 Å². The maximum absolute atomic E-state index is 13.3. The Labute approximate surface area is 131 Å². The van der Waals surface area contributed by atoms with Gasteiger partial charge < -0.3 is 9.64 Å². The quantitative estimate of drug-likeness (QED) is 0.855. The first kappa shape index (κ1) is 15.2. The molecule has 3 heteroatoms.